The molecule has 0 aliphatic rings. The third-order valence-electron chi connectivity index (χ3n) is 2.93. The van der Waals surface area contributed by atoms with Gasteiger partial charge in [0, 0.05) is 37.2 Å². The summed E-state index contributed by atoms with van der Waals surface area (Å²) in [6.07, 6.45) is 7.62. The van der Waals surface area contributed by atoms with Gasteiger partial charge in [0.05, 0.1) is 11.9 Å². The van der Waals surface area contributed by atoms with Crippen molar-refractivity contribution in [3.8, 4) is 10.7 Å². The monoisotopic (exact) mass is 316 g/mol. The van der Waals surface area contributed by atoms with Crippen LogP contribution in [0.3, 0.4) is 0 Å². The van der Waals surface area contributed by atoms with Crippen molar-refractivity contribution in [3.63, 3.8) is 0 Å². The van der Waals surface area contributed by atoms with Crippen molar-refractivity contribution in [1.29, 1.82) is 0 Å². The molecule has 3 rings (SSSR count). The fourth-order valence-electron chi connectivity index (χ4n) is 1.89. The number of nitrogens with zero attached hydrogens (tertiary/aromatic N) is 5. The summed E-state index contributed by atoms with van der Waals surface area (Å²) in [5.41, 5.74) is 1.81. The molecule has 0 aliphatic carbocycles. The minimum absolute atomic E-state index is 0.535. The van der Waals surface area contributed by atoms with Gasteiger partial charge in [-0.05, 0) is 11.6 Å². The molecule has 0 bridgehead atoms. The van der Waals surface area contributed by atoms with Crippen molar-refractivity contribution in [2.75, 3.05) is 11.9 Å². The van der Waals surface area contributed by atoms with Gasteiger partial charge in [-0.25, -0.2) is 4.98 Å². The molecule has 114 valence electrons. The number of hydrogen-bond acceptors (Lipinski definition) is 8. The van der Waals surface area contributed by atoms with Gasteiger partial charge in [0.15, 0.2) is 0 Å². The Hall–Kier alpha value is -2.35. The first-order valence-corrected chi connectivity index (χ1v) is 8.00. The number of hydrogen-bond donors (Lipinski definition) is 1. The smallest absolute Gasteiger partial charge is 0.263 e. The molecule has 7 nitrogen and oxygen atoms in total. The topological polar surface area (TPSA) is 89.6 Å². The predicted octanol–water partition coefficient (Wildman–Crippen LogP) is 2.59. The Morgan fingerprint density at radius 1 is 1.23 bits per heavy atom. The molecule has 3 aromatic rings. The van der Waals surface area contributed by atoms with Crippen molar-refractivity contribution in [2.24, 2.45) is 0 Å². The Morgan fingerprint density at radius 3 is 3.00 bits per heavy atom. The Bertz CT molecular complexity index is 711. The van der Waals surface area contributed by atoms with E-state index in [-0.39, 0.29) is 0 Å². The van der Waals surface area contributed by atoms with Gasteiger partial charge in [0.25, 0.3) is 5.95 Å². The van der Waals surface area contributed by atoms with Crippen molar-refractivity contribution in [3.05, 3.63) is 35.6 Å². The summed E-state index contributed by atoms with van der Waals surface area (Å²) >= 11 is 1.57. The van der Waals surface area contributed by atoms with Gasteiger partial charge in [0.2, 0.25) is 5.89 Å². The largest absolute Gasteiger partial charge is 0.351 e. The number of anilines is 1. The summed E-state index contributed by atoms with van der Waals surface area (Å²) in [4.78, 5) is 17.1. The Morgan fingerprint density at radius 2 is 2.18 bits per heavy atom. The van der Waals surface area contributed by atoms with Crippen molar-refractivity contribution < 1.29 is 4.52 Å². The minimum atomic E-state index is 0.535. The van der Waals surface area contributed by atoms with Gasteiger partial charge in [-0.15, -0.1) is 11.3 Å². The molecule has 0 aliphatic heterocycles. The molecule has 3 heterocycles. The fraction of sp³-hybridized carbons (Fsp3) is 0.357. The number of rotatable bonds is 7. The third kappa shape index (κ3) is 3.64. The normalized spacial score (nSPS) is 10.8. The van der Waals surface area contributed by atoms with Crippen LogP contribution < -0.4 is 5.32 Å². The second kappa shape index (κ2) is 7.08. The van der Waals surface area contributed by atoms with E-state index in [1.165, 1.54) is 0 Å². The number of thiazole rings is 1. The Labute approximate surface area is 131 Å². The molecule has 0 fully saturated rings. The molecule has 1 N–H and O–H groups in total. The highest BCUT2D eigenvalue weighted by atomic mass is 32.1. The van der Waals surface area contributed by atoms with E-state index >= 15 is 0 Å². The van der Waals surface area contributed by atoms with Crippen LogP contribution in [0, 0.1) is 0 Å². The van der Waals surface area contributed by atoms with E-state index < -0.39 is 0 Å². The van der Waals surface area contributed by atoms with E-state index in [0.29, 0.717) is 18.4 Å². The molecule has 8 heteroatoms. The van der Waals surface area contributed by atoms with Gasteiger partial charge in [-0.1, -0.05) is 6.92 Å². The average molecular weight is 316 g/mol. The van der Waals surface area contributed by atoms with Crippen LogP contribution in [0.25, 0.3) is 10.7 Å². The first-order valence-electron chi connectivity index (χ1n) is 7.12. The number of aryl methyl sites for hydroxylation is 1. The van der Waals surface area contributed by atoms with E-state index in [1.807, 2.05) is 5.38 Å². The average Bonchev–Trinajstić information content (AvgIpc) is 3.19. The maximum atomic E-state index is 5.12. The molecule has 0 atom stereocenters. The van der Waals surface area contributed by atoms with Gasteiger partial charge in [-0.3, -0.25) is 9.97 Å². The van der Waals surface area contributed by atoms with E-state index in [0.717, 1.165) is 35.7 Å². The maximum absolute atomic E-state index is 5.12. The summed E-state index contributed by atoms with van der Waals surface area (Å²) in [5, 5.41) is 9.94. The lowest BCUT2D eigenvalue weighted by Crippen LogP contribution is -2.06. The Kier molecular flexibility index (Phi) is 4.69. The zero-order valence-corrected chi connectivity index (χ0v) is 13.0. The first-order chi connectivity index (χ1) is 10.8. The number of aromatic nitrogens is 5. The van der Waals surface area contributed by atoms with Crippen LogP contribution in [0.15, 0.2) is 28.5 Å². The summed E-state index contributed by atoms with van der Waals surface area (Å²) in [6, 6.07) is 0. The van der Waals surface area contributed by atoms with E-state index in [4.69, 9.17) is 4.52 Å². The third-order valence-corrected chi connectivity index (χ3v) is 3.84. The van der Waals surface area contributed by atoms with Gasteiger partial charge in [-0.2, -0.15) is 4.98 Å². The second-order valence-electron chi connectivity index (χ2n) is 4.67. The highest BCUT2D eigenvalue weighted by Gasteiger charge is 2.07. The summed E-state index contributed by atoms with van der Waals surface area (Å²) < 4.78 is 5.12. The van der Waals surface area contributed by atoms with E-state index in [2.05, 4.69) is 37.3 Å². The van der Waals surface area contributed by atoms with Crippen LogP contribution in [0.4, 0.5) is 5.95 Å². The van der Waals surface area contributed by atoms with Crippen LogP contribution in [0.5, 0.6) is 0 Å². The van der Waals surface area contributed by atoms with Crippen LogP contribution in [0.1, 0.15) is 24.9 Å². The van der Waals surface area contributed by atoms with Crippen molar-refractivity contribution >= 4 is 17.3 Å². The molecule has 3 aromatic heterocycles. The fourth-order valence-corrected chi connectivity index (χ4v) is 2.71. The van der Waals surface area contributed by atoms with Crippen molar-refractivity contribution in [1.82, 2.24) is 25.1 Å². The molecule has 0 radical (unpaired) electrons. The highest BCUT2D eigenvalue weighted by Crippen LogP contribution is 2.20. The molecule has 0 saturated heterocycles. The van der Waals surface area contributed by atoms with Gasteiger partial charge in [0.1, 0.15) is 10.7 Å². The van der Waals surface area contributed by atoms with Crippen LogP contribution in [-0.2, 0) is 12.8 Å². The molecule has 22 heavy (non-hydrogen) atoms. The summed E-state index contributed by atoms with van der Waals surface area (Å²) in [7, 11) is 0. The van der Waals surface area contributed by atoms with Gasteiger partial charge < -0.3 is 9.84 Å². The van der Waals surface area contributed by atoms with Gasteiger partial charge >= 0.3 is 0 Å². The van der Waals surface area contributed by atoms with Crippen LogP contribution in [0.2, 0.25) is 0 Å². The standard InChI is InChI=1S/C14H16N6OS/c1-2-3-12-19-14(20-21-12)17-5-4-10-9-22-13(18-10)11-8-15-6-7-16-11/h6-9H,2-5H2,1H3,(H,17,20). The maximum Gasteiger partial charge on any atom is 0.263 e. The molecule has 0 unspecified atom stereocenters. The lowest BCUT2D eigenvalue weighted by atomic mass is 10.3. The second-order valence-corrected chi connectivity index (χ2v) is 5.53. The van der Waals surface area contributed by atoms with Crippen LogP contribution in [-0.4, -0.2) is 31.6 Å². The molecular formula is C14H16N6OS. The quantitative estimate of drug-likeness (QED) is 0.716. The minimum Gasteiger partial charge on any atom is -0.351 e. The molecule has 0 spiro atoms. The van der Waals surface area contributed by atoms with E-state index in [9.17, 15) is 0 Å². The highest BCUT2D eigenvalue weighted by molar-refractivity contribution is 7.13. The lowest BCUT2D eigenvalue weighted by Gasteiger charge is -1.98. The Balaban J connectivity index is 1.52. The zero-order valence-electron chi connectivity index (χ0n) is 12.2. The lowest BCUT2D eigenvalue weighted by molar-refractivity contribution is 0.378. The first kappa shape index (κ1) is 14.6. The zero-order chi connectivity index (χ0) is 15.2. The van der Waals surface area contributed by atoms with E-state index in [1.54, 1.807) is 29.9 Å². The summed E-state index contributed by atoms with van der Waals surface area (Å²) in [5.74, 6) is 1.21. The van der Waals surface area contributed by atoms with Crippen LogP contribution >= 0.6 is 11.3 Å². The molecule has 0 aromatic carbocycles. The van der Waals surface area contributed by atoms with Crippen molar-refractivity contribution in [2.45, 2.75) is 26.2 Å². The predicted molar refractivity (Wildman–Crippen MR) is 83.6 cm³/mol. The SMILES string of the molecule is CCCc1nc(NCCc2csc(-c3cnccn3)n2)no1. The number of nitrogens with one attached hydrogen (secondary N) is 1. The summed E-state index contributed by atoms with van der Waals surface area (Å²) in [6.45, 7) is 2.78. The molecule has 0 amide bonds. The molecule has 0 saturated carbocycles. The molecular weight excluding hydrogens is 300 g/mol.